The third kappa shape index (κ3) is 12.9. The molecule has 11 heteroatoms. The van der Waals surface area contributed by atoms with Gasteiger partial charge in [-0.05, 0) is 45.7 Å². The number of hydrogen-bond acceptors (Lipinski definition) is 9. The molecule has 2 unspecified atom stereocenters. The SMILES string of the molecule is CC.CCOc1ccccc1OCC1CN(C(=O)OC(OC(=O)[C@H](NC(=O)OC(C)(C)C)C(C)C)C(C)C)CCO1. The first kappa shape index (κ1) is 35.8. The van der Waals surface area contributed by atoms with Gasteiger partial charge in [-0.2, -0.15) is 0 Å². The number of para-hydroxylation sites is 2. The summed E-state index contributed by atoms with van der Waals surface area (Å²) in [6.07, 6.45) is -2.90. The molecule has 1 aromatic carbocycles. The van der Waals surface area contributed by atoms with Crippen LogP contribution >= 0.6 is 0 Å². The number of esters is 1. The lowest BCUT2D eigenvalue weighted by Crippen LogP contribution is -2.50. The third-order valence-electron chi connectivity index (χ3n) is 5.56. The maximum Gasteiger partial charge on any atom is 0.413 e. The summed E-state index contributed by atoms with van der Waals surface area (Å²) in [7, 11) is 0. The summed E-state index contributed by atoms with van der Waals surface area (Å²) in [6.45, 7) is 19.7. The molecule has 0 bridgehead atoms. The molecule has 1 aliphatic heterocycles. The van der Waals surface area contributed by atoms with E-state index in [4.69, 9.17) is 28.4 Å². The van der Waals surface area contributed by atoms with Gasteiger partial charge in [0.2, 0.25) is 0 Å². The van der Waals surface area contributed by atoms with Crippen molar-refractivity contribution >= 4 is 18.2 Å². The van der Waals surface area contributed by atoms with Crippen molar-refractivity contribution in [1.29, 1.82) is 0 Å². The van der Waals surface area contributed by atoms with Gasteiger partial charge in [0.05, 0.1) is 19.8 Å². The fourth-order valence-electron chi connectivity index (χ4n) is 3.60. The molecule has 234 valence electrons. The molecule has 0 aliphatic carbocycles. The maximum absolute atomic E-state index is 13.0. The number of morpholine rings is 1. The highest BCUT2D eigenvalue weighted by atomic mass is 16.7. The van der Waals surface area contributed by atoms with Crippen molar-refractivity contribution < 1.29 is 42.8 Å². The van der Waals surface area contributed by atoms with Gasteiger partial charge in [-0.1, -0.05) is 53.7 Å². The zero-order chi connectivity index (χ0) is 31.2. The Bertz CT molecular complexity index is 946. The van der Waals surface area contributed by atoms with Gasteiger partial charge >= 0.3 is 18.2 Å². The molecule has 1 N–H and O–H groups in total. The quantitative estimate of drug-likeness (QED) is 0.270. The van der Waals surface area contributed by atoms with Crippen LogP contribution in [0.1, 0.15) is 69.2 Å². The van der Waals surface area contributed by atoms with E-state index in [0.29, 0.717) is 31.3 Å². The number of alkyl carbamates (subject to hydrolysis) is 1. The number of rotatable bonds is 11. The lowest BCUT2D eigenvalue weighted by molar-refractivity contribution is -0.181. The van der Waals surface area contributed by atoms with Crippen molar-refractivity contribution in [1.82, 2.24) is 10.2 Å². The number of nitrogens with one attached hydrogen (secondary N) is 1. The molecular weight excluding hydrogens is 532 g/mol. The number of benzene rings is 1. The summed E-state index contributed by atoms with van der Waals surface area (Å²) >= 11 is 0. The molecule has 1 heterocycles. The number of hydrogen-bond donors (Lipinski definition) is 1. The van der Waals surface area contributed by atoms with E-state index in [2.05, 4.69) is 5.32 Å². The van der Waals surface area contributed by atoms with Gasteiger partial charge in [-0.25, -0.2) is 14.4 Å². The summed E-state index contributed by atoms with van der Waals surface area (Å²) in [5.41, 5.74) is -0.723. The largest absolute Gasteiger partial charge is 0.490 e. The van der Waals surface area contributed by atoms with Crippen molar-refractivity contribution in [3.05, 3.63) is 24.3 Å². The van der Waals surface area contributed by atoms with Crippen molar-refractivity contribution in [2.45, 2.75) is 93.3 Å². The standard InChI is InChI=1S/C28H44N2O9.C2H6/c1-9-34-21-12-10-11-13-22(21)36-17-20-16-30(14-15-35-20)27(33)38-25(19(4)5)37-24(31)23(18(2)3)29-26(32)39-28(6,7)8;1-2/h10-13,18-20,23,25H,9,14-17H2,1-8H3,(H,29,32);1-2H3/t20?,23-,25?;/m1./s1. The second-order valence-electron chi connectivity index (χ2n) is 10.9. The maximum atomic E-state index is 13.0. The Morgan fingerprint density at radius 2 is 1.61 bits per heavy atom. The van der Waals surface area contributed by atoms with Crippen LogP contribution in [-0.4, -0.2) is 80.0 Å². The predicted octanol–water partition coefficient (Wildman–Crippen LogP) is 5.40. The second-order valence-corrected chi connectivity index (χ2v) is 10.9. The Labute approximate surface area is 245 Å². The van der Waals surface area contributed by atoms with E-state index in [0.717, 1.165) is 0 Å². The first-order valence-corrected chi connectivity index (χ1v) is 14.4. The lowest BCUT2D eigenvalue weighted by atomic mass is 10.0. The monoisotopic (exact) mass is 582 g/mol. The lowest BCUT2D eigenvalue weighted by Gasteiger charge is -2.34. The summed E-state index contributed by atoms with van der Waals surface area (Å²) in [5, 5.41) is 2.55. The van der Waals surface area contributed by atoms with Crippen LogP contribution in [0, 0.1) is 11.8 Å². The van der Waals surface area contributed by atoms with Crippen LogP contribution in [0.15, 0.2) is 24.3 Å². The average molecular weight is 583 g/mol. The molecule has 0 spiro atoms. The zero-order valence-corrected chi connectivity index (χ0v) is 26.4. The molecule has 41 heavy (non-hydrogen) atoms. The summed E-state index contributed by atoms with van der Waals surface area (Å²) in [4.78, 5) is 39.7. The summed E-state index contributed by atoms with van der Waals surface area (Å²) < 4.78 is 33.6. The molecule has 0 aromatic heterocycles. The smallest absolute Gasteiger partial charge is 0.413 e. The molecule has 0 saturated carbocycles. The Balaban J connectivity index is 0.00000411. The van der Waals surface area contributed by atoms with Crippen molar-refractivity contribution in [2.24, 2.45) is 11.8 Å². The minimum Gasteiger partial charge on any atom is -0.490 e. The molecule has 1 aromatic rings. The van der Waals surface area contributed by atoms with Gasteiger partial charge in [0.1, 0.15) is 24.4 Å². The zero-order valence-electron chi connectivity index (χ0n) is 26.4. The van der Waals surface area contributed by atoms with Crippen molar-refractivity contribution in [3.8, 4) is 11.5 Å². The minimum absolute atomic E-state index is 0.211. The molecule has 1 fully saturated rings. The van der Waals surface area contributed by atoms with Crippen molar-refractivity contribution in [3.63, 3.8) is 0 Å². The van der Waals surface area contributed by atoms with Gasteiger partial charge in [0.25, 0.3) is 6.29 Å². The Kier molecular flexibility index (Phi) is 15.3. The van der Waals surface area contributed by atoms with Crippen LogP contribution in [-0.2, 0) is 23.7 Å². The molecule has 1 saturated heterocycles. The molecule has 11 nitrogen and oxygen atoms in total. The Morgan fingerprint density at radius 1 is 1.00 bits per heavy atom. The topological polar surface area (TPSA) is 122 Å². The fourth-order valence-corrected chi connectivity index (χ4v) is 3.60. The van der Waals surface area contributed by atoms with Gasteiger partial charge < -0.3 is 38.6 Å². The minimum atomic E-state index is -1.15. The van der Waals surface area contributed by atoms with Gasteiger partial charge in [-0.3, -0.25) is 0 Å². The van der Waals surface area contributed by atoms with Gasteiger partial charge in [-0.15, -0.1) is 0 Å². The van der Waals surface area contributed by atoms with Crippen LogP contribution in [0.2, 0.25) is 0 Å². The molecule has 0 radical (unpaired) electrons. The Morgan fingerprint density at radius 3 is 2.15 bits per heavy atom. The highest BCUT2D eigenvalue weighted by molar-refractivity contribution is 5.82. The summed E-state index contributed by atoms with van der Waals surface area (Å²) in [5.74, 6) is -0.115. The molecule has 3 atom stereocenters. The molecule has 2 amide bonds. The average Bonchev–Trinajstić information content (AvgIpc) is 2.91. The van der Waals surface area contributed by atoms with E-state index >= 15 is 0 Å². The van der Waals surface area contributed by atoms with Crippen LogP contribution in [0.4, 0.5) is 9.59 Å². The van der Waals surface area contributed by atoms with Crippen molar-refractivity contribution in [2.75, 3.05) is 32.9 Å². The molecular formula is C30H50N2O9. The van der Waals surface area contributed by atoms with Gasteiger partial charge in [0.15, 0.2) is 11.5 Å². The highest BCUT2D eigenvalue weighted by Gasteiger charge is 2.34. The normalized spacial score (nSPS) is 16.6. The van der Waals surface area contributed by atoms with E-state index in [1.807, 2.05) is 45.0 Å². The fraction of sp³-hybridized carbons (Fsp3) is 0.700. The number of carbonyl (C=O) groups is 3. The Hall–Kier alpha value is -3.21. The first-order valence-electron chi connectivity index (χ1n) is 14.4. The van der Waals surface area contributed by atoms with Crippen LogP contribution < -0.4 is 14.8 Å². The number of nitrogens with zero attached hydrogens (tertiary/aromatic N) is 1. The molecule has 1 aliphatic rings. The van der Waals surface area contributed by atoms with E-state index in [9.17, 15) is 14.4 Å². The van der Waals surface area contributed by atoms with E-state index in [1.165, 1.54) is 4.90 Å². The van der Waals surface area contributed by atoms with Crippen LogP contribution in [0.3, 0.4) is 0 Å². The van der Waals surface area contributed by atoms with E-state index in [-0.39, 0.29) is 31.1 Å². The van der Waals surface area contributed by atoms with E-state index in [1.54, 1.807) is 48.5 Å². The number of amides is 2. The number of ether oxygens (including phenoxy) is 6. The first-order chi connectivity index (χ1) is 19.3. The van der Waals surface area contributed by atoms with Crippen LogP contribution in [0.5, 0.6) is 11.5 Å². The molecule has 2 rings (SSSR count). The summed E-state index contributed by atoms with van der Waals surface area (Å²) in [6, 6.07) is 6.36. The van der Waals surface area contributed by atoms with Crippen LogP contribution in [0.25, 0.3) is 0 Å². The second kappa shape index (κ2) is 17.6. The van der Waals surface area contributed by atoms with E-state index < -0.39 is 36.1 Å². The number of carbonyl (C=O) groups excluding carboxylic acids is 3. The highest BCUT2D eigenvalue weighted by Crippen LogP contribution is 2.27. The third-order valence-corrected chi connectivity index (χ3v) is 5.56. The predicted molar refractivity (Wildman–Crippen MR) is 155 cm³/mol. The van der Waals surface area contributed by atoms with Gasteiger partial charge in [0, 0.05) is 12.5 Å².